The van der Waals surface area contributed by atoms with Gasteiger partial charge in [0.2, 0.25) is 0 Å². The summed E-state index contributed by atoms with van der Waals surface area (Å²) in [6.07, 6.45) is 0.218. The van der Waals surface area contributed by atoms with Gasteiger partial charge in [0, 0.05) is 14.2 Å². The molecule has 4 nitrogen and oxygen atoms in total. The van der Waals surface area contributed by atoms with Crippen LogP contribution in [0.5, 0.6) is 0 Å². The van der Waals surface area contributed by atoms with Crippen molar-refractivity contribution in [3.63, 3.8) is 0 Å². The Hall–Kier alpha value is -0.610. The minimum absolute atomic E-state index is 0.117. The molecule has 4 heteroatoms. The van der Waals surface area contributed by atoms with Gasteiger partial charge in [-0.3, -0.25) is 4.79 Å². The number of ether oxygens (including phenoxy) is 3. The van der Waals surface area contributed by atoms with E-state index >= 15 is 0 Å². The van der Waals surface area contributed by atoms with Gasteiger partial charge in [0.15, 0.2) is 6.29 Å². The van der Waals surface area contributed by atoms with Gasteiger partial charge >= 0.3 is 5.97 Å². The molecule has 16 heavy (non-hydrogen) atoms. The monoisotopic (exact) mass is 232 g/mol. The van der Waals surface area contributed by atoms with E-state index in [-0.39, 0.29) is 23.9 Å². The fourth-order valence-electron chi connectivity index (χ4n) is 1.57. The molecule has 0 aliphatic carbocycles. The zero-order valence-electron chi connectivity index (χ0n) is 11.1. The van der Waals surface area contributed by atoms with E-state index in [1.807, 2.05) is 27.7 Å². The summed E-state index contributed by atoms with van der Waals surface area (Å²) in [5, 5.41) is 0. The number of hydrogen-bond acceptors (Lipinski definition) is 4. The number of rotatable bonds is 7. The van der Waals surface area contributed by atoms with Gasteiger partial charge in [-0.1, -0.05) is 20.3 Å². The molecule has 0 fully saturated rings. The summed E-state index contributed by atoms with van der Waals surface area (Å²) in [5.41, 5.74) is 0. The standard InChI is InChI=1S/C12H24O4/c1-7-9(4)10(12(14-5)15-6)11(13)16-8(2)3/h8-10,12H,7H2,1-6H3. The van der Waals surface area contributed by atoms with E-state index in [0.717, 1.165) is 6.42 Å². The average Bonchev–Trinajstić information content (AvgIpc) is 2.23. The van der Waals surface area contributed by atoms with E-state index in [0.29, 0.717) is 0 Å². The lowest BCUT2D eigenvalue weighted by Crippen LogP contribution is -2.38. The van der Waals surface area contributed by atoms with E-state index in [1.54, 1.807) is 0 Å². The van der Waals surface area contributed by atoms with Crippen LogP contribution < -0.4 is 0 Å². The smallest absolute Gasteiger partial charge is 0.314 e. The number of carbonyl (C=O) groups excluding carboxylic acids is 1. The highest BCUT2D eigenvalue weighted by Gasteiger charge is 2.34. The van der Waals surface area contributed by atoms with E-state index in [1.165, 1.54) is 14.2 Å². The van der Waals surface area contributed by atoms with Gasteiger partial charge in [0.05, 0.1) is 6.10 Å². The summed E-state index contributed by atoms with van der Waals surface area (Å²) in [6, 6.07) is 0. The first-order valence-electron chi connectivity index (χ1n) is 5.73. The van der Waals surface area contributed by atoms with Crippen molar-refractivity contribution in [1.82, 2.24) is 0 Å². The van der Waals surface area contributed by atoms with Crippen LogP contribution in [0.3, 0.4) is 0 Å². The zero-order valence-corrected chi connectivity index (χ0v) is 11.1. The van der Waals surface area contributed by atoms with Gasteiger partial charge in [0.25, 0.3) is 0 Å². The normalized spacial score (nSPS) is 15.2. The molecule has 0 radical (unpaired) electrons. The van der Waals surface area contributed by atoms with E-state index in [4.69, 9.17) is 14.2 Å². The Morgan fingerprint density at radius 2 is 1.62 bits per heavy atom. The minimum atomic E-state index is -0.541. The molecule has 0 aromatic heterocycles. The molecule has 0 saturated heterocycles. The van der Waals surface area contributed by atoms with Crippen molar-refractivity contribution in [2.45, 2.75) is 46.5 Å². The number of carbonyl (C=O) groups is 1. The van der Waals surface area contributed by atoms with Crippen LogP contribution in [0.1, 0.15) is 34.1 Å². The van der Waals surface area contributed by atoms with Crippen LogP contribution in [0.2, 0.25) is 0 Å². The molecular formula is C12H24O4. The summed E-state index contributed by atoms with van der Waals surface area (Å²) in [6.45, 7) is 7.69. The van der Waals surface area contributed by atoms with Crippen molar-refractivity contribution in [2.75, 3.05) is 14.2 Å². The van der Waals surface area contributed by atoms with Gasteiger partial charge in [-0.25, -0.2) is 0 Å². The van der Waals surface area contributed by atoms with Crippen LogP contribution in [0, 0.1) is 11.8 Å². The molecular weight excluding hydrogens is 208 g/mol. The molecule has 2 unspecified atom stereocenters. The van der Waals surface area contributed by atoms with Crippen LogP contribution in [0.25, 0.3) is 0 Å². The maximum atomic E-state index is 11.9. The first-order chi connectivity index (χ1) is 7.47. The zero-order chi connectivity index (χ0) is 12.7. The Bertz CT molecular complexity index is 199. The lowest BCUT2D eigenvalue weighted by molar-refractivity contribution is -0.186. The molecule has 0 heterocycles. The predicted octanol–water partition coefficient (Wildman–Crippen LogP) is 2.22. The predicted molar refractivity (Wildman–Crippen MR) is 62.0 cm³/mol. The second-order valence-electron chi connectivity index (χ2n) is 4.24. The molecule has 0 aromatic rings. The second-order valence-corrected chi connectivity index (χ2v) is 4.24. The van der Waals surface area contributed by atoms with E-state index < -0.39 is 6.29 Å². The first kappa shape index (κ1) is 15.4. The van der Waals surface area contributed by atoms with Crippen molar-refractivity contribution in [2.24, 2.45) is 11.8 Å². The first-order valence-corrected chi connectivity index (χ1v) is 5.73. The molecule has 2 atom stereocenters. The van der Waals surface area contributed by atoms with Crippen molar-refractivity contribution >= 4 is 5.97 Å². The number of esters is 1. The third kappa shape index (κ3) is 4.49. The molecule has 0 aliphatic heterocycles. The Morgan fingerprint density at radius 1 is 1.12 bits per heavy atom. The summed E-state index contributed by atoms with van der Waals surface area (Å²) in [4.78, 5) is 11.9. The molecule has 0 aliphatic rings. The number of methoxy groups -OCH3 is 2. The maximum Gasteiger partial charge on any atom is 0.314 e. The molecule has 0 rings (SSSR count). The Morgan fingerprint density at radius 3 is 1.94 bits per heavy atom. The second kappa shape index (κ2) is 7.63. The quantitative estimate of drug-likeness (QED) is 0.498. The minimum Gasteiger partial charge on any atom is -0.463 e. The molecule has 0 amide bonds. The number of hydrogen-bond donors (Lipinski definition) is 0. The fraction of sp³-hybridized carbons (Fsp3) is 0.917. The Balaban J connectivity index is 4.71. The van der Waals surface area contributed by atoms with Crippen molar-refractivity contribution in [1.29, 1.82) is 0 Å². The summed E-state index contributed by atoms with van der Waals surface area (Å²) < 4.78 is 15.5. The van der Waals surface area contributed by atoms with E-state index in [2.05, 4.69) is 0 Å². The van der Waals surface area contributed by atoms with E-state index in [9.17, 15) is 4.79 Å². The third-order valence-electron chi connectivity index (χ3n) is 2.64. The highest BCUT2D eigenvalue weighted by molar-refractivity contribution is 5.73. The molecule has 0 bridgehead atoms. The van der Waals surface area contributed by atoms with Gasteiger partial charge in [-0.2, -0.15) is 0 Å². The topological polar surface area (TPSA) is 44.8 Å². The molecule has 0 N–H and O–H groups in total. The summed E-state index contributed by atoms with van der Waals surface area (Å²) in [7, 11) is 3.07. The van der Waals surface area contributed by atoms with Crippen LogP contribution in [-0.4, -0.2) is 32.6 Å². The fourth-order valence-corrected chi connectivity index (χ4v) is 1.57. The average molecular weight is 232 g/mol. The molecule has 0 aromatic carbocycles. The van der Waals surface area contributed by atoms with Gasteiger partial charge in [-0.15, -0.1) is 0 Å². The summed E-state index contributed by atoms with van der Waals surface area (Å²) >= 11 is 0. The largest absolute Gasteiger partial charge is 0.463 e. The Kier molecular flexibility index (Phi) is 7.34. The molecule has 0 saturated carbocycles. The van der Waals surface area contributed by atoms with Crippen LogP contribution in [-0.2, 0) is 19.0 Å². The highest BCUT2D eigenvalue weighted by Crippen LogP contribution is 2.23. The lowest BCUT2D eigenvalue weighted by Gasteiger charge is -2.28. The third-order valence-corrected chi connectivity index (χ3v) is 2.64. The van der Waals surface area contributed by atoms with Crippen LogP contribution >= 0.6 is 0 Å². The molecule has 0 spiro atoms. The SMILES string of the molecule is CCC(C)C(C(=O)OC(C)C)C(OC)OC. The van der Waals surface area contributed by atoms with Gasteiger partial charge < -0.3 is 14.2 Å². The lowest BCUT2D eigenvalue weighted by atomic mass is 9.91. The Labute approximate surface area is 98.3 Å². The van der Waals surface area contributed by atoms with Crippen LogP contribution in [0.15, 0.2) is 0 Å². The van der Waals surface area contributed by atoms with Crippen molar-refractivity contribution in [3.05, 3.63) is 0 Å². The van der Waals surface area contributed by atoms with Crippen molar-refractivity contribution in [3.8, 4) is 0 Å². The molecule has 96 valence electrons. The van der Waals surface area contributed by atoms with Crippen molar-refractivity contribution < 1.29 is 19.0 Å². The maximum absolute atomic E-state index is 11.9. The van der Waals surface area contributed by atoms with Gasteiger partial charge in [0.1, 0.15) is 5.92 Å². The van der Waals surface area contributed by atoms with Gasteiger partial charge in [-0.05, 0) is 19.8 Å². The van der Waals surface area contributed by atoms with Crippen LogP contribution in [0.4, 0.5) is 0 Å². The highest BCUT2D eigenvalue weighted by atomic mass is 16.7. The summed E-state index contributed by atoms with van der Waals surface area (Å²) in [5.74, 6) is -0.461.